The van der Waals surface area contributed by atoms with Crippen molar-refractivity contribution in [2.45, 2.75) is 43.9 Å². The maximum absolute atomic E-state index is 10.6. The third kappa shape index (κ3) is 4.17. The number of likely N-dealkylation sites (tertiary alicyclic amines) is 2. The van der Waals surface area contributed by atoms with Gasteiger partial charge in [0.1, 0.15) is 0 Å². The number of benzene rings is 2. The minimum atomic E-state index is -0.185. The maximum atomic E-state index is 10.6. The van der Waals surface area contributed by atoms with Gasteiger partial charge < -0.3 is 5.11 Å². The zero-order chi connectivity index (χ0) is 17.8. The number of aliphatic hydroxyl groups excluding tert-OH is 1. The molecule has 0 spiro atoms. The first-order valence-corrected chi connectivity index (χ1v) is 10.0. The summed E-state index contributed by atoms with van der Waals surface area (Å²) in [4.78, 5) is 5.05. The predicted octanol–water partition coefficient (Wildman–Crippen LogP) is 3.50. The fraction of sp³-hybridized carbons (Fsp3) is 0.478. The molecule has 2 heterocycles. The number of rotatable bonds is 4. The normalized spacial score (nSPS) is 26.0. The molecule has 0 amide bonds. The number of nitrogens with zero attached hydrogens (tertiary/aromatic N) is 2. The summed E-state index contributed by atoms with van der Waals surface area (Å²) >= 11 is 0. The number of hydrogen-bond donors (Lipinski definition) is 1. The van der Waals surface area contributed by atoms with Crippen molar-refractivity contribution in [1.29, 1.82) is 0 Å². The largest absolute Gasteiger partial charge is 0.391 e. The Labute approximate surface area is 157 Å². The van der Waals surface area contributed by atoms with Gasteiger partial charge in [-0.15, -0.1) is 0 Å². The molecule has 26 heavy (non-hydrogen) atoms. The number of piperidine rings is 2. The highest BCUT2D eigenvalue weighted by Crippen LogP contribution is 2.30. The Balaban J connectivity index is 1.34. The third-order valence-corrected chi connectivity index (χ3v) is 6.15. The first kappa shape index (κ1) is 17.7. The Morgan fingerprint density at radius 1 is 0.808 bits per heavy atom. The minimum Gasteiger partial charge on any atom is -0.391 e. The minimum absolute atomic E-state index is 0.185. The van der Waals surface area contributed by atoms with Crippen molar-refractivity contribution in [2.24, 2.45) is 0 Å². The number of aliphatic hydroxyl groups is 1. The van der Waals surface area contributed by atoms with Crippen LogP contribution in [-0.2, 0) is 6.54 Å². The summed E-state index contributed by atoms with van der Waals surface area (Å²) in [6.45, 7) is 5.16. The lowest BCUT2D eigenvalue weighted by atomic mass is 9.88. The summed E-state index contributed by atoms with van der Waals surface area (Å²) in [5.41, 5.74) is 2.84. The molecule has 2 atom stereocenters. The van der Waals surface area contributed by atoms with E-state index in [1.807, 2.05) is 0 Å². The second-order valence-corrected chi connectivity index (χ2v) is 7.87. The standard InChI is InChI=1S/C23H30N2O/c26-23-13-14-24(17-19-7-3-1-4-8-19)18-22(23)25-15-11-21(12-16-25)20-9-5-2-6-10-20/h1-10,21-23,26H,11-18H2/t22-,23-/m1/s1. The SMILES string of the molecule is O[C@@H]1CCN(Cc2ccccc2)C[C@H]1N1CCC(c2ccccc2)CC1. The zero-order valence-corrected chi connectivity index (χ0v) is 15.5. The van der Waals surface area contributed by atoms with Crippen molar-refractivity contribution < 1.29 is 5.11 Å². The van der Waals surface area contributed by atoms with Crippen molar-refractivity contribution >= 4 is 0 Å². The quantitative estimate of drug-likeness (QED) is 0.914. The highest BCUT2D eigenvalue weighted by molar-refractivity contribution is 5.20. The van der Waals surface area contributed by atoms with E-state index in [4.69, 9.17) is 0 Å². The van der Waals surface area contributed by atoms with Crippen LogP contribution in [0.2, 0.25) is 0 Å². The second kappa shape index (κ2) is 8.34. The van der Waals surface area contributed by atoms with E-state index >= 15 is 0 Å². The lowest BCUT2D eigenvalue weighted by molar-refractivity contribution is -0.0222. The van der Waals surface area contributed by atoms with E-state index in [2.05, 4.69) is 70.5 Å². The van der Waals surface area contributed by atoms with Crippen LogP contribution in [0.3, 0.4) is 0 Å². The molecule has 0 aliphatic carbocycles. The average Bonchev–Trinajstić information content (AvgIpc) is 2.71. The smallest absolute Gasteiger partial charge is 0.0720 e. The van der Waals surface area contributed by atoms with E-state index in [1.165, 1.54) is 24.0 Å². The van der Waals surface area contributed by atoms with Crippen molar-refractivity contribution in [3.63, 3.8) is 0 Å². The van der Waals surface area contributed by atoms with Gasteiger partial charge >= 0.3 is 0 Å². The van der Waals surface area contributed by atoms with Crippen molar-refractivity contribution in [2.75, 3.05) is 26.2 Å². The van der Waals surface area contributed by atoms with Gasteiger partial charge in [-0.1, -0.05) is 60.7 Å². The summed E-state index contributed by atoms with van der Waals surface area (Å²) in [6.07, 6.45) is 3.10. The van der Waals surface area contributed by atoms with Crippen LogP contribution in [0.4, 0.5) is 0 Å². The summed E-state index contributed by atoms with van der Waals surface area (Å²) in [7, 11) is 0. The van der Waals surface area contributed by atoms with Crippen LogP contribution < -0.4 is 0 Å². The molecule has 2 aromatic carbocycles. The summed E-state index contributed by atoms with van der Waals surface area (Å²) in [5, 5.41) is 10.6. The van der Waals surface area contributed by atoms with Crippen molar-refractivity contribution in [3.8, 4) is 0 Å². The van der Waals surface area contributed by atoms with Crippen molar-refractivity contribution in [3.05, 3.63) is 71.8 Å². The lowest BCUT2D eigenvalue weighted by Gasteiger charge is -2.45. The molecule has 4 rings (SSSR count). The third-order valence-electron chi connectivity index (χ3n) is 6.15. The topological polar surface area (TPSA) is 26.7 Å². The molecular weight excluding hydrogens is 320 g/mol. The molecule has 3 heteroatoms. The van der Waals surface area contributed by atoms with Crippen molar-refractivity contribution in [1.82, 2.24) is 9.80 Å². The van der Waals surface area contributed by atoms with Crippen LogP contribution in [0.1, 0.15) is 36.3 Å². The molecular formula is C23H30N2O. The van der Waals surface area contributed by atoms with Crippen LogP contribution >= 0.6 is 0 Å². The Morgan fingerprint density at radius 3 is 2.15 bits per heavy atom. The van der Waals surface area contributed by atoms with Gasteiger partial charge in [-0.05, 0) is 49.4 Å². The second-order valence-electron chi connectivity index (χ2n) is 7.87. The molecule has 2 aromatic rings. The molecule has 2 saturated heterocycles. The average molecular weight is 351 g/mol. The van der Waals surface area contributed by atoms with Gasteiger partial charge in [-0.2, -0.15) is 0 Å². The van der Waals surface area contributed by atoms with Crippen LogP contribution in [0.15, 0.2) is 60.7 Å². The Morgan fingerprint density at radius 2 is 1.46 bits per heavy atom. The Kier molecular flexibility index (Phi) is 5.68. The van der Waals surface area contributed by atoms with E-state index in [1.54, 1.807) is 0 Å². The van der Waals surface area contributed by atoms with E-state index in [0.717, 1.165) is 39.1 Å². The van der Waals surface area contributed by atoms with E-state index in [0.29, 0.717) is 5.92 Å². The van der Waals surface area contributed by atoms with Gasteiger partial charge in [0.05, 0.1) is 6.10 Å². The van der Waals surface area contributed by atoms with Gasteiger partial charge in [0.15, 0.2) is 0 Å². The molecule has 1 N–H and O–H groups in total. The Hall–Kier alpha value is -1.68. The van der Waals surface area contributed by atoms with Gasteiger partial charge in [0.2, 0.25) is 0 Å². The molecule has 2 aliphatic rings. The summed E-state index contributed by atoms with van der Waals surface area (Å²) in [5.74, 6) is 0.675. The molecule has 0 radical (unpaired) electrons. The van der Waals surface area contributed by atoms with E-state index in [9.17, 15) is 5.11 Å². The van der Waals surface area contributed by atoms with Crippen LogP contribution in [0.5, 0.6) is 0 Å². The summed E-state index contributed by atoms with van der Waals surface area (Å²) < 4.78 is 0. The fourth-order valence-electron chi connectivity index (χ4n) is 4.62. The van der Waals surface area contributed by atoms with Crippen LogP contribution in [0, 0.1) is 0 Å². The maximum Gasteiger partial charge on any atom is 0.0720 e. The van der Waals surface area contributed by atoms with Gasteiger partial charge in [-0.25, -0.2) is 0 Å². The first-order valence-electron chi connectivity index (χ1n) is 10.0. The fourth-order valence-corrected chi connectivity index (χ4v) is 4.62. The molecule has 0 saturated carbocycles. The summed E-state index contributed by atoms with van der Waals surface area (Å²) in [6, 6.07) is 21.9. The van der Waals surface area contributed by atoms with E-state index in [-0.39, 0.29) is 12.1 Å². The van der Waals surface area contributed by atoms with E-state index < -0.39 is 0 Å². The molecule has 3 nitrogen and oxygen atoms in total. The van der Waals surface area contributed by atoms with Gasteiger partial charge in [-0.3, -0.25) is 9.80 Å². The highest BCUT2D eigenvalue weighted by Gasteiger charge is 2.34. The van der Waals surface area contributed by atoms with Crippen LogP contribution in [0.25, 0.3) is 0 Å². The molecule has 0 bridgehead atoms. The zero-order valence-electron chi connectivity index (χ0n) is 15.5. The number of hydrogen-bond acceptors (Lipinski definition) is 3. The van der Waals surface area contributed by atoms with Gasteiger partial charge in [0, 0.05) is 25.7 Å². The Bertz CT molecular complexity index is 667. The van der Waals surface area contributed by atoms with Crippen LogP contribution in [-0.4, -0.2) is 53.2 Å². The monoisotopic (exact) mass is 350 g/mol. The molecule has 2 aliphatic heterocycles. The molecule has 138 valence electrons. The lowest BCUT2D eigenvalue weighted by Crippen LogP contribution is -2.56. The predicted molar refractivity (Wildman–Crippen MR) is 106 cm³/mol. The molecule has 2 fully saturated rings. The molecule has 0 unspecified atom stereocenters. The molecule has 0 aromatic heterocycles. The van der Waals surface area contributed by atoms with Gasteiger partial charge in [0.25, 0.3) is 0 Å². The first-order chi connectivity index (χ1) is 12.8. The highest BCUT2D eigenvalue weighted by atomic mass is 16.3.